The number of nitrogens with one attached hydrogen (secondary N) is 1. The van der Waals surface area contributed by atoms with Crippen LogP contribution < -0.4 is 16.0 Å². The highest BCUT2D eigenvalue weighted by Gasteiger charge is 2.22. The highest BCUT2D eigenvalue weighted by molar-refractivity contribution is 9.10. The van der Waals surface area contributed by atoms with E-state index in [9.17, 15) is 4.79 Å². The van der Waals surface area contributed by atoms with Crippen LogP contribution in [0.5, 0.6) is 0 Å². The fourth-order valence-corrected chi connectivity index (χ4v) is 4.12. The van der Waals surface area contributed by atoms with Gasteiger partial charge in [0, 0.05) is 27.8 Å². The Balaban J connectivity index is 2.21. The quantitative estimate of drug-likeness (QED) is 0.823. The predicted octanol–water partition coefficient (Wildman–Crippen LogP) is 3.32. The van der Waals surface area contributed by atoms with Gasteiger partial charge in [-0.25, -0.2) is 0 Å². The van der Waals surface area contributed by atoms with Crippen molar-refractivity contribution >= 4 is 55.5 Å². The summed E-state index contributed by atoms with van der Waals surface area (Å²) in [4.78, 5) is 15.5. The molecular weight excluding hydrogens is 372 g/mol. The van der Waals surface area contributed by atoms with E-state index in [0.29, 0.717) is 12.1 Å². The molecule has 2 aromatic rings. The smallest absolute Gasteiger partial charge is 0.258 e. The van der Waals surface area contributed by atoms with Gasteiger partial charge in [0.25, 0.3) is 5.91 Å². The summed E-state index contributed by atoms with van der Waals surface area (Å²) in [5, 5.41) is 5.69. The Hall–Kier alpha value is -1.12. The van der Waals surface area contributed by atoms with E-state index < -0.39 is 0 Å². The minimum absolute atomic E-state index is 0.0585. The van der Waals surface area contributed by atoms with Gasteiger partial charge < -0.3 is 16.0 Å². The first kappa shape index (κ1) is 16.3. The predicted molar refractivity (Wildman–Crippen MR) is 93.3 cm³/mol. The Labute approximate surface area is 140 Å². The number of nitrogens with two attached hydrogens (primary N) is 1. The Bertz CT molecular complexity index is 638. The van der Waals surface area contributed by atoms with Crippen LogP contribution in [0.4, 0.5) is 10.8 Å². The lowest BCUT2D eigenvalue weighted by atomic mass is 10.2. The van der Waals surface area contributed by atoms with E-state index in [1.54, 1.807) is 11.3 Å². The molecule has 3 N–H and O–H groups in total. The normalized spacial score (nSPS) is 10.9. The average molecular weight is 389 g/mol. The van der Waals surface area contributed by atoms with Crippen LogP contribution in [0, 0.1) is 0 Å². The van der Waals surface area contributed by atoms with Crippen LogP contribution in [0.1, 0.15) is 29.1 Å². The molecule has 114 valence electrons. The first-order valence-corrected chi connectivity index (χ1v) is 8.83. The summed E-state index contributed by atoms with van der Waals surface area (Å²) < 4.78 is 5.19. The third-order valence-corrected chi connectivity index (χ3v) is 5.37. The zero-order valence-electron chi connectivity index (χ0n) is 12.0. The summed E-state index contributed by atoms with van der Waals surface area (Å²) in [5.74, 6) is 0.109. The molecule has 0 radical (unpaired) electrons. The average Bonchev–Trinajstić information content (AvgIpc) is 2.94. The monoisotopic (exact) mass is 388 g/mol. The fourth-order valence-electron chi connectivity index (χ4n) is 1.84. The highest BCUT2D eigenvalue weighted by Crippen LogP contribution is 2.32. The number of amides is 1. The van der Waals surface area contributed by atoms with E-state index >= 15 is 0 Å². The maximum absolute atomic E-state index is 12.3. The minimum atomic E-state index is -0.175. The maximum atomic E-state index is 12.3. The van der Waals surface area contributed by atoms with Gasteiger partial charge in [-0.05, 0) is 47.4 Å². The molecule has 0 saturated carbocycles. The van der Waals surface area contributed by atoms with Crippen LogP contribution in [0.2, 0.25) is 0 Å². The topological polar surface area (TPSA) is 71.2 Å². The largest absolute Gasteiger partial charge is 0.382 e. The molecule has 0 bridgehead atoms. The number of carbonyl (C=O) groups is 1. The van der Waals surface area contributed by atoms with Crippen molar-refractivity contribution in [3.8, 4) is 0 Å². The van der Waals surface area contributed by atoms with Gasteiger partial charge in [-0.15, -0.1) is 11.3 Å². The van der Waals surface area contributed by atoms with Gasteiger partial charge in [-0.3, -0.25) is 4.79 Å². The molecule has 0 atom stereocenters. The van der Waals surface area contributed by atoms with E-state index in [0.717, 1.165) is 9.47 Å². The molecule has 0 aliphatic carbocycles. The number of hydrogen-bond acceptors (Lipinski definition) is 6. The number of hydrogen-bond donors (Lipinski definition) is 2. The second-order valence-corrected chi connectivity index (χ2v) is 7.63. The van der Waals surface area contributed by atoms with Gasteiger partial charge in [0.15, 0.2) is 5.82 Å². The molecule has 0 aliphatic rings. The number of halogens is 1. The summed E-state index contributed by atoms with van der Waals surface area (Å²) in [5.41, 5.74) is 6.32. The van der Waals surface area contributed by atoms with E-state index in [1.165, 1.54) is 16.4 Å². The number of nitrogen functional groups attached to an aromatic ring is 1. The Morgan fingerprint density at radius 2 is 2.29 bits per heavy atom. The van der Waals surface area contributed by atoms with Gasteiger partial charge >= 0.3 is 0 Å². The Kier molecular flexibility index (Phi) is 5.23. The molecule has 21 heavy (non-hydrogen) atoms. The lowest BCUT2D eigenvalue weighted by molar-refractivity contribution is 0.0945. The molecule has 0 aliphatic heterocycles. The molecule has 5 nitrogen and oxygen atoms in total. The number of nitrogens with zero attached hydrogens (tertiary/aromatic N) is 2. The third-order valence-electron chi connectivity index (χ3n) is 2.71. The van der Waals surface area contributed by atoms with Crippen LogP contribution >= 0.6 is 38.8 Å². The van der Waals surface area contributed by atoms with Gasteiger partial charge in [0.05, 0.1) is 6.54 Å². The number of anilines is 2. The van der Waals surface area contributed by atoms with Crippen LogP contribution in [0.3, 0.4) is 0 Å². The van der Waals surface area contributed by atoms with Gasteiger partial charge in [-0.1, -0.05) is 0 Å². The second-order valence-electron chi connectivity index (χ2n) is 4.96. The molecule has 2 aromatic heterocycles. The van der Waals surface area contributed by atoms with Crippen LogP contribution in [-0.2, 0) is 6.54 Å². The number of rotatable bonds is 5. The van der Waals surface area contributed by atoms with Crippen molar-refractivity contribution in [3.63, 3.8) is 0 Å². The maximum Gasteiger partial charge on any atom is 0.258 e. The van der Waals surface area contributed by atoms with E-state index in [4.69, 9.17) is 5.73 Å². The standard InChI is InChI=1S/C13H17BrN4OS2/c1-7(2)16-12(19)10-11(15)17-21-13(10)18(3)5-9-4-8(14)6-20-9/h4,6-7H,5H2,1-3H3,(H2,15,17)(H,16,19). The summed E-state index contributed by atoms with van der Waals surface area (Å²) >= 11 is 6.36. The number of aromatic nitrogens is 1. The highest BCUT2D eigenvalue weighted by atomic mass is 79.9. The molecule has 0 spiro atoms. The van der Waals surface area contributed by atoms with Gasteiger partial charge in [-0.2, -0.15) is 4.37 Å². The molecule has 8 heteroatoms. The van der Waals surface area contributed by atoms with Gasteiger partial charge in [0.2, 0.25) is 0 Å². The minimum Gasteiger partial charge on any atom is -0.382 e. The zero-order chi connectivity index (χ0) is 15.6. The van der Waals surface area contributed by atoms with Crippen molar-refractivity contribution in [3.05, 3.63) is 26.4 Å². The molecule has 0 aromatic carbocycles. The summed E-state index contributed by atoms with van der Waals surface area (Å²) in [6.07, 6.45) is 0. The second kappa shape index (κ2) is 6.76. The molecule has 0 fully saturated rings. The molecule has 2 heterocycles. The summed E-state index contributed by atoms with van der Waals surface area (Å²) in [6, 6.07) is 2.13. The van der Waals surface area contributed by atoms with Crippen molar-refractivity contribution in [1.29, 1.82) is 0 Å². The zero-order valence-corrected chi connectivity index (χ0v) is 15.2. The summed E-state index contributed by atoms with van der Waals surface area (Å²) in [6.45, 7) is 4.54. The Morgan fingerprint density at radius 1 is 1.57 bits per heavy atom. The molecule has 0 unspecified atom stereocenters. The van der Waals surface area contributed by atoms with E-state index in [-0.39, 0.29) is 17.8 Å². The van der Waals surface area contributed by atoms with Crippen molar-refractivity contribution in [2.75, 3.05) is 17.7 Å². The van der Waals surface area contributed by atoms with Crippen molar-refractivity contribution in [2.45, 2.75) is 26.4 Å². The molecule has 1 amide bonds. The summed E-state index contributed by atoms with van der Waals surface area (Å²) in [7, 11) is 1.94. The van der Waals surface area contributed by atoms with Crippen LogP contribution in [-0.4, -0.2) is 23.4 Å². The lowest BCUT2D eigenvalue weighted by Crippen LogP contribution is -2.31. The Morgan fingerprint density at radius 3 is 2.86 bits per heavy atom. The van der Waals surface area contributed by atoms with E-state index in [2.05, 4.69) is 31.7 Å². The molecule has 0 saturated heterocycles. The van der Waals surface area contributed by atoms with Crippen LogP contribution in [0.15, 0.2) is 15.9 Å². The number of thiophene rings is 1. The third kappa shape index (κ3) is 3.96. The van der Waals surface area contributed by atoms with Crippen molar-refractivity contribution in [2.24, 2.45) is 0 Å². The molecule has 2 rings (SSSR count). The van der Waals surface area contributed by atoms with Crippen molar-refractivity contribution in [1.82, 2.24) is 9.69 Å². The first-order valence-electron chi connectivity index (χ1n) is 6.38. The SMILES string of the molecule is CC(C)NC(=O)c1c(N)nsc1N(C)Cc1cc(Br)cs1. The van der Waals surface area contributed by atoms with Crippen LogP contribution in [0.25, 0.3) is 0 Å². The number of carbonyl (C=O) groups excluding carboxylic acids is 1. The molecular formula is C13H17BrN4OS2. The fraction of sp³-hybridized carbons (Fsp3) is 0.385. The first-order chi connectivity index (χ1) is 9.88. The van der Waals surface area contributed by atoms with Crippen molar-refractivity contribution < 1.29 is 4.79 Å². The van der Waals surface area contributed by atoms with Gasteiger partial charge in [0.1, 0.15) is 10.6 Å². The van der Waals surface area contributed by atoms with E-state index in [1.807, 2.05) is 31.2 Å². The lowest BCUT2D eigenvalue weighted by Gasteiger charge is -2.18.